The number of ether oxygens (including phenoxy) is 1. The molecule has 2 aromatic carbocycles. The van der Waals surface area contributed by atoms with Gasteiger partial charge >= 0.3 is 0 Å². The Bertz CT molecular complexity index is 1860. The van der Waals surface area contributed by atoms with Gasteiger partial charge in [-0.2, -0.15) is 0 Å². The lowest BCUT2D eigenvalue weighted by atomic mass is 9.70. The Balaban J connectivity index is 1.11. The molecule has 0 spiro atoms. The molecule has 2 aliphatic heterocycles. The average molecular weight is 607 g/mol. The van der Waals surface area contributed by atoms with Gasteiger partial charge < -0.3 is 29.4 Å². The number of aromatic nitrogens is 3. The van der Waals surface area contributed by atoms with E-state index in [0.717, 1.165) is 80.8 Å². The number of carbonyl (C=O) groups is 2. The number of rotatable bonds is 7. The van der Waals surface area contributed by atoms with Crippen LogP contribution in [0.2, 0.25) is 0 Å². The lowest BCUT2D eigenvalue weighted by Crippen LogP contribution is -2.48. The van der Waals surface area contributed by atoms with Crippen LogP contribution in [0, 0.1) is 17.8 Å². The number of hydrogen-bond acceptors (Lipinski definition) is 5. The highest BCUT2D eigenvalue weighted by molar-refractivity contribution is 6.00. The van der Waals surface area contributed by atoms with E-state index in [0.29, 0.717) is 35.0 Å². The van der Waals surface area contributed by atoms with Gasteiger partial charge in [0.1, 0.15) is 11.3 Å². The van der Waals surface area contributed by atoms with Crippen LogP contribution in [0.4, 0.5) is 0 Å². The normalized spacial score (nSPS) is 27.3. The molecule has 9 heteroatoms. The maximum Gasteiger partial charge on any atom is 0.254 e. The fraction of sp³-hybridized carbons (Fsp3) is 0.528. The summed E-state index contributed by atoms with van der Waals surface area (Å²) in [5.74, 6) is 3.52. The molecule has 2 bridgehead atoms. The molecule has 4 aromatic rings. The van der Waals surface area contributed by atoms with Crippen LogP contribution >= 0.6 is 0 Å². The number of amides is 2. The molecule has 2 N–H and O–H groups in total. The minimum Gasteiger partial charge on any atom is -0.494 e. The zero-order valence-corrected chi connectivity index (χ0v) is 26.2. The van der Waals surface area contributed by atoms with Crippen LogP contribution in [0.15, 0.2) is 36.4 Å². The van der Waals surface area contributed by atoms with E-state index in [-0.39, 0.29) is 23.9 Å². The van der Waals surface area contributed by atoms with Crippen molar-refractivity contribution in [3.05, 3.63) is 47.5 Å². The first-order valence-electron chi connectivity index (χ1n) is 16.9. The van der Waals surface area contributed by atoms with Gasteiger partial charge in [-0.1, -0.05) is 18.2 Å². The number of imidazole rings is 1. The number of nitrogens with two attached hydrogens (primary N) is 1. The monoisotopic (exact) mass is 606 g/mol. The molecule has 234 valence electrons. The van der Waals surface area contributed by atoms with Crippen molar-refractivity contribution in [2.75, 3.05) is 26.7 Å². The number of aryl methyl sites for hydroxylation is 1. The van der Waals surface area contributed by atoms with Crippen LogP contribution in [0.5, 0.6) is 5.75 Å². The summed E-state index contributed by atoms with van der Waals surface area (Å²) >= 11 is 0. The van der Waals surface area contributed by atoms with Gasteiger partial charge in [-0.15, -0.1) is 0 Å². The molecule has 3 atom stereocenters. The molecule has 45 heavy (non-hydrogen) atoms. The first-order valence-corrected chi connectivity index (χ1v) is 16.9. The van der Waals surface area contributed by atoms with Crippen molar-refractivity contribution in [1.29, 1.82) is 0 Å². The van der Waals surface area contributed by atoms with Crippen molar-refractivity contribution in [3.63, 3.8) is 0 Å². The Labute approximate surface area is 263 Å². The van der Waals surface area contributed by atoms with Gasteiger partial charge in [0.15, 0.2) is 5.82 Å². The van der Waals surface area contributed by atoms with E-state index in [9.17, 15) is 9.59 Å². The predicted molar refractivity (Wildman–Crippen MR) is 173 cm³/mol. The lowest BCUT2D eigenvalue weighted by molar-refractivity contribution is -0.142. The van der Waals surface area contributed by atoms with E-state index in [2.05, 4.69) is 33.4 Å². The Kier molecular flexibility index (Phi) is 6.15. The Hall–Kier alpha value is -3.85. The summed E-state index contributed by atoms with van der Waals surface area (Å²) in [5.41, 5.74) is 12.4. The second kappa shape index (κ2) is 10.1. The molecular weight excluding hydrogens is 564 g/mol. The number of likely N-dealkylation sites (tertiary alicyclic amines) is 2. The first-order chi connectivity index (χ1) is 21.9. The van der Waals surface area contributed by atoms with Crippen LogP contribution in [-0.4, -0.2) is 74.6 Å². The van der Waals surface area contributed by atoms with Gasteiger partial charge in [-0.3, -0.25) is 9.59 Å². The highest BCUT2D eigenvalue weighted by atomic mass is 16.5. The predicted octanol–water partition coefficient (Wildman–Crippen LogP) is 4.90. The molecule has 2 aromatic heterocycles. The molecule has 3 aliphatic carbocycles. The van der Waals surface area contributed by atoms with E-state index in [1.54, 1.807) is 7.11 Å². The fourth-order valence-corrected chi connectivity index (χ4v) is 8.75. The third-order valence-corrected chi connectivity index (χ3v) is 11.7. The summed E-state index contributed by atoms with van der Waals surface area (Å²) in [6, 6.07) is 12.9. The highest BCUT2D eigenvalue weighted by Gasteiger charge is 2.47. The molecular formula is C36H42N6O3. The number of fused-ring (bicyclic) bond motifs is 4. The Morgan fingerprint density at radius 3 is 2.53 bits per heavy atom. The zero-order valence-electron chi connectivity index (χ0n) is 26.2. The Morgan fingerprint density at radius 1 is 1.04 bits per heavy atom. The number of piperidine rings is 1. The fourth-order valence-electron chi connectivity index (χ4n) is 8.75. The number of carbonyl (C=O) groups excluding carboxylic acids is 2. The lowest BCUT2D eigenvalue weighted by Gasteiger charge is -2.41. The van der Waals surface area contributed by atoms with Crippen molar-refractivity contribution in [3.8, 4) is 17.3 Å². The summed E-state index contributed by atoms with van der Waals surface area (Å²) in [7, 11) is 3.71. The van der Waals surface area contributed by atoms with Crippen molar-refractivity contribution in [2.45, 2.75) is 69.5 Å². The number of methoxy groups -OCH3 is 1. The number of para-hydroxylation sites is 1. The minimum atomic E-state index is 0.0175. The van der Waals surface area contributed by atoms with Gasteiger partial charge in [0, 0.05) is 62.2 Å². The van der Waals surface area contributed by atoms with E-state index in [1.165, 1.54) is 29.3 Å². The molecule has 0 radical (unpaired) electrons. The van der Waals surface area contributed by atoms with Gasteiger partial charge in [-0.05, 0) is 86.5 Å². The smallest absolute Gasteiger partial charge is 0.254 e. The zero-order chi connectivity index (χ0) is 30.6. The molecule has 9 rings (SSSR count). The Morgan fingerprint density at radius 2 is 1.87 bits per heavy atom. The van der Waals surface area contributed by atoms with E-state index >= 15 is 0 Å². The average Bonchev–Trinajstić information content (AvgIpc) is 3.37. The third-order valence-electron chi connectivity index (χ3n) is 11.7. The third kappa shape index (κ3) is 4.19. The number of benzene rings is 2. The van der Waals surface area contributed by atoms with E-state index < -0.39 is 0 Å². The quantitative estimate of drug-likeness (QED) is 0.323. The summed E-state index contributed by atoms with van der Waals surface area (Å²) in [6.07, 6.45) is 7.59. The van der Waals surface area contributed by atoms with Gasteiger partial charge in [0.25, 0.3) is 5.91 Å². The van der Waals surface area contributed by atoms with Crippen LogP contribution in [0.3, 0.4) is 0 Å². The number of nitrogens with zero attached hydrogens (tertiary/aromatic N) is 5. The second-order valence-corrected chi connectivity index (χ2v) is 14.4. The molecule has 9 nitrogen and oxygen atoms in total. The van der Waals surface area contributed by atoms with Crippen molar-refractivity contribution in [2.24, 2.45) is 30.5 Å². The molecule has 5 fully saturated rings. The summed E-state index contributed by atoms with van der Waals surface area (Å²) in [5, 5.41) is 1.22. The molecule has 2 saturated heterocycles. The van der Waals surface area contributed by atoms with Gasteiger partial charge in [-0.25, -0.2) is 4.98 Å². The SMILES string of the molecule is COc1cc(C(=O)N2C[C@H]3CC[C@@H]2[C@@H]3N)cc2nc(-c3cc4cccc(C5CC(C(=O)N6CCC6)C5)c4n3CC3CC3)n(C)c12. The van der Waals surface area contributed by atoms with Crippen LogP contribution in [0.1, 0.15) is 66.8 Å². The topological polar surface area (TPSA) is 98.6 Å². The molecule has 5 aliphatic rings. The van der Waals surface area contributed by atoms with Crippen molar-refractivity contribution >= 4 is 33.8 Å². The standard InChI is InChI=1S/C36H42N6O3/c1-39-33-27(15-25(17-30(33)45-2)36(44)42-19-22-9-10-28(42)31(22)37)38-34(39)29-16-21-5-3-6-26(32(21)41(29)18-20-7-8-20)23-13-24(14-23)35(43)40-11-4-12-40/h3,5-6,15-17,20,22-24,28,31H,4,7-14,18-19,37H2,1-2H3/t22-,23?,24?,28-,31-/m1/s1. The van der Waals surface area contributed by atoms with Gasteiger partial charge in [0.2, 0.25) is 5.91 Å². The molecule has 4 heterocycles. The molecule has 2 amide bonds. The first kappa shape index (κ1) is 27.5. The van der Waals surface area contributed by atoms with Crippen LogP contribution in [-0.2, 0) is 18.4 Å². The van der Waals surface area contributed by atoms with Crippen molar-refractivity contribution in [1.82, 2.24) is 23.9 Å². The largest absolute Gasteiger partial charge is 0.494 e. The highest BCUT2D eigenvalue weighted by Crippen LogP contribution is 2.47. The number of hydrogen-bond donors (Lipinski definition) is 1. The molecule has 0 unspecified atom stereocenters. The summed E-state index contributed by atoms with van der Waals surface area (Å²) in [6.45, 7) is 3.54. The maximum atomic E-state index is 13.8. The summed E-state index contributed by atoms with van der Waals surface area (Å²) in [4.78, 5) is 35.9. The molecule has 3 saturated carbocycles. The summed E-state index contributed by atoms with van der Waals surface area (Å²) < 4.78 is 10.5. The maximum absolute atomic E-state index is 13.8. The second-order valence-electron chi connectivity index (χ2n) is 14.4. The van der Waals surface area contributed by atoms with Crippen LogP contribution in [0.25, 0.3) is 33.5 Å². The van der Waals surface area contributed by atoms with Gasteiger partial charge in [0.05, 0.1) is 23.8 Å². The minimum absolute atomic E-state index is 0.0175. The van der Waals surface area contributed by atoms with Crippen molar-refractivity contribution < 1.29 is 14.3 Å². The van der Waals surface area contributed by atoms with E-state index in [1.807, 2.05) is 29.0 Å². The van der Waals surface area contributed by atoms with Crippen LogP contribution < -0.4 is 10.5 Å². The van der Waals surface area contributed by atoms with E-state index in [4.69, 9.17) is 15.5 Å².